The number of hydrogen-bond donors (Lipinski definition) is 1. The SMILES string of the molecule is CCC1CCN(S(=O)(=O)NC2CC(Cn3ccnc3)C2)CC1. The second-order valence-electron chi connectivity index (χ2n) is 6.67. The lowest BCUT2D eigenvalue weighted by Gasteiger charge is -2.38. The van der Waals surface area contributed by atoms with Gasteiger partial charge in [-0.1, -0.05) is 13.3 Å². The first-order chi connectivity index (χ1) is 10.6. The Labute approximate surface area is 133 Å². The Morgan fingerprint density at radius 2 is 1.95 bits per heavy atom. The summed E-state index contributed by atoms with van der Waals surface area (Å²) in [5, 5.41) is 0. The summed E-state index contributed by atoms with van der Waals surface area (Å²) in [7, 11) is -3.30. The number of nitrogens with one attached hydrogen (secondary N) is 1. The minimum atomic E-state index is -3.30. The Morgan fingerprint density at radius 1 is 1.23 bits per heavy atom. The van der Waals surface area contributed by atoms with E-state index in [-0.39, 0.29) is 6.04 Å². The zero-order valence-electron chi connectivity index (χ0n) is 13.2. The third-order valence-electron chi connectivity index (χ3n) is 5.07. The largest absolute Gasteiger partial charge is 0.337 e. The van der Waals surface area contributed by atoms with Crippen LogP contribution in [-0.4, -0.2) is 41.4 Å². The van der Waals surface area contributed by atoms with Gasteiger partial charge < -0.3 is 4.57 Å². The molecule has 0 bridgehead atoms. The van der Waals surface area contributed by atoms with Crippen molar-refractivity contribution in [2.24, 2.45) is 11.8 Å². The van der Waals surface area contributed by atoms with Crippen molar-refractivity contribution in [2.75, 3.05) is 13.1 Å². The maximum absolute atomic E-state index is 12.4. The summed E-state index contributed by atoms with van der Waals surface area (Å²) in [6.07, 6.45) is 10.5. The van der Waals surface area contributed by atoms with Gasteiger partial charge in [0.05, 0.1) is 6.33 Å². The Kier molecular flexibility index (Phi) is 4.84. The molecule has 6 nitrogen and oxygen atoms in total. The van der Waals surface area contributed by atoms with Crippen LogP contribution in [0.3, 0.4) is 0 Å². The molecule has 0 aromatic carbocycles. The fourth-order valence-electron chi connectivity index (χ4n) is 3.52. The van der Waals surface area contributed by atoms with Gasteiger partial charge in [0.25, 0.3) is 10.2 Å². The molecular formula is C15H26N4O2S. The van der Waals surface area contributed by atoms with E-state index in [1.165, 1.54) is 0 Å². The number of aromatic nitrogens is 2. The average Bonchev–Trinajstić information content (AvgIpc) is 2.98. The molecular weight excluding hydrogens is 300 g/mol. The van der Waals surface area contributed by atoms with E-state index in [1.54, 1.807) is 10.5 Å². The summed E-state index contributed by atoms with van der Waals surface area (Å²) in [5.41, 5.74) is 0. The fourth-order valence-corrected chi connectivity index (χ4v) is 4.97. The quantitative estimate of drug-likeness (QED) is 0.864. The van der Waals surface area contributed by atoms with Crippen molar-refractivity contribution in [3.05, 3.63) is 18.7 Å². The molecule has 1 aliphatic carbocycles. The number of rotatable bonds is 6. The molecule has 2 heterocycles. The van der Waals surface area contributed by atoms with Crippen LogP contribution in [0.2, 0.25) is 0 Å². The molecule has 1 N–H and O–H groups in total. The predicted molar refractivity (Wildman–Crippen MR) is 85.4 cm³/mol. The molecule has 0 amide bonds. The zero-order valence-corrected chi connectivity index (χ0v) is 14.0. The van der Waals surface area contributed by atoms with E-state index in [1.807, 2.05) is 12.5 Å². The van der Waals surface area contributed by atoms with E-state index in [0.29, 0.717) is 24.9 Å². The highest BCUT2D eigenvalue weighted by Gasteiger charge is 2.35. The third kappa shape index (κ3) is 3.70. The third-order valence-corrected chi connectivity index (χ3v) is 6.75. The molecule has 7 heteroatoms. The van der Waals surface area contributed by atoms with E-state index in [4.69, 9.17) is 0 Å². The lowest BCUT2D eigenvalue weighted by Crippen LogP contribution is -2.52. The molecule has 1 aliphatic heterocycles. The second-order valence-corrected chi connectivity index (χ2v) is 8.37. The Balaban J connectivity index is 1.43. The highest BCUT2D eigenvalue weighted by atomic mass is 32.2. The van der Waals surface area contributed by atoms with Gasteiger partial charge in [-0.25, -0.2) is 4.98 Å². The molecule has 22 heavy (non-hydrogen) atoms. The topological polar surface area (TPSA) is 67.2 Å². The number of piperidine rings is 1. The van der Waals surface area contributed by atoms with Gasteiger partial charge >= 0.3 is 0 Å². The first-order valence-electron chi connectivity index (χ1n) is 8.30. The molecule has 1 saturated carbocycles. The summed E-state index contributed by atoms with van der Waals surface area (Å²) >= 11 is 0. The molecule has 2 aliphatic rings. The van der Waals surface area contributed by atoms with Crippen molar-refractivity contribution in [3.63, 3.8) is 0 Å². The Morgan fingerprint density at radius 3 is 2.55 bits per heavy atom. The molecule has 1 aromatic heterocycles. The molecule has 0 spiro atoms. The lowest BCUT2D eigenvalue weighted by atomic mass is 9.81. The zero-order chi connectivity index (χ0) is 15.6. The van der Waals surface area contributed by atoms with Crippen LogP contribution >= 0.6 is 0 Å². The van der Waals surface area contributed by atoms with Crippen LogP contribution < -0.4 is 4.72 Å². The summed E-state index contributed by atoms with van der Waals surface area (Å²) in [6, 6.07) is 0.0995. The Bertz CT molecular complexity index is 558. The van der Waals surface area contributed by atoms with Crippen LogP contribution in [-0.2, 0) is 16.8 Å². The van der Waals surface area contributed by atoms with Gasteiger partial charge in [0, 0.05) is 38.1 Å². The van der Waals surface area contributed by atoms with Crippen molar-refractivity contribution >= 4 is 10.2 Å². The summed E-state index contributed by atoms with van der Waals surface area (Å²) in [4.78, 5) is 4.03. The van der Waals surface area contributed by atoms with E-state index in [9.17, 15) is 8.42 Å². The summed E-state index contributed by atoms with van der Waals surface area (Å²) in [6.45, 7) is 4.44. The number of imidazole rings is 1. The van der Waals surface area contributed by atoms with Crippen LogP contribution in [0.15, 0.2) is 18.7 Å². The first kappa shape index (κ1) is 16.0. The van der Waals surface area contributed by atoms with Gasteiger partial charge in [0.15, 0.2) is 0 Å². The van der Waals surface area contributed by atoms with E-state index in [0.717, 1.165) is 38.6 Å². The van der Waals surface area contributed by atoms with E-state index >= 15 is 0 Å². The minimum absolute atomic E-state index is 0.0995. The molecule has 2 fully saturated rings. The van der Waals surface area contributed by atoms with Gasteiger partial charge in [0.1, 0.15) is 0 Å². The van der Waals surface area contributed by atoms with Gasteiger partial charge in [-0.3, -0.25) is 0 Å². The van der Waals surface area contributed by atoms with E-state index < -0.39 is 10.2 Å². The first-order valence-corrected chi connectivity index (χ1v) is 9.74. The molecule has 3 rings (SSSR count). The maximum Gasteiger partial charge on any atom is 0.279 e. The van der Waals surface area contributed by atoms with Crippen molar-refractivity contribution in [3.8, 4) is 0 Å². The number of hydrogen-bond acceptors (Lipinski definition) is 3. The minimum Gasteiger partial charge on any atom is -0.337 e. The molecule has 0 radical (unpaired) electrons. The van der Waals surface area contributed by atoms with Gasteiger partial charge in [-0.15, -0.1) is 0 Å². The van der Waals surface area contributed by atoms with Crippen LogP contribution in [0.5, 0.6) is 0 Å². The van der Waals surface area contributed by atoms with Crippen molar-refractivity contribution in [2.45, 2.75) is 51.6 Å². The van der Waals surface area contributed by atoms with Gasteiger partial charge in [0.2, 0.25) is 0 Å². The fraction of sp³-hybridized carbons (Fsp3) is 0.800. The number of nitrogens with zero attached hydrogens (tertiary/aromatic N) is 3. The highest BCUT2D eigenvalue weighted by molar-refractivity contribution is 7.87. The maximum atomic E-state index is 12.4. The molecule has 0 atom stereocenters. The van der Waals surface area contributed by atoms with Gasteiger partial charge in [-0.2, -0.15) is 17.4 Å². The lowest BCUT2D eigenvalue weighted by molar-refractivity contribution is 0.211. The average molecular weight is 326 g/mol. The predicted octanol–water partition coefficient (Wildman–Crippen LogP) is 1.62. The monoisotopic (exact) mass is 326 g/mol. The standard InChI is InChI=1S/C15H26N4O2S/c1-2-13-3-6-19(7-4-13)22(20,21)17-15-9-14(10-15)11-18-8-5-16-12-18/h5,8,12-15,17H,2-4,6-7,9-11H2,1H3. The highest BCUT2D eigenvalue weighted by Crippen LogP contribution is 2.30. The van der Waals surface area contributed by atoms with Crippen molar-refractivity contribution < 1.29 is 8.42 Å². The molecule has 1 aromatic rings. The molecule has 124 valence electrons. The smallest absolute Gasteiger partial charge is 0.279 e. The Hall–Kier alpha value is -0.920. The second kappa shape index (κ2) is 6.68. The van der Waals surface area contributed by atoms with Crippen LogP contribution in [0.25, 0.3) is 0 Å². The van der Waals surface area contributed by atoms with Crippen molar-refractivity contribution in [1.29, 1.82) is 0 Å². The van der Waals surface area contributed by atoms with Crippen LogP contribution in [0.4, 0.5) is 0 Å². The molecule has 0 unspecified atom stereocenters. The normalized spacial score (nSPS) is 27.7. The van der Waals surface area contributed by atoms with Crippen LogP contribution in [0, 0.1) is 11.8 Å². The summed E-state index contributed by atoms with van der Waals surface area (Å²) in [5.74, 6) is 1.24. The summed E-state index contributed by atoms with van der Waals surface area (Å²) < 4.78 is 31.4. The van der Waals surface area contributed by atoms with Crippen molar-refractivity contribution in [1.82, 2.24) is 18.6 Å². The van der Waals surface area contributed by atoms with Crippen LogP contribution in [0.1, 0.15) is 39.0 Å². The molecule has 1 saturated heterocycles. The van der Waals surface area contributed by atoms with Gasteiger partial charge in [-0.05, 0) is 37.5 Å². The van der Waals surface area contributed by atoms with E-state index in [2.05, 4.69) is 21.2 Å².